The number of aliphatic carboxylic acids is 1. The SMILES string of the molecule is O=C(O)C1CCCCN1S(=O)(=O)NCC1CCCS1. The highest BCUT2D eigenvalue weighted by Crippen LogP contribution is 2.26. The molecule has 0 aromatic carbocycles. The van der Waals surface area contributed by atoms with E-state index in [0.29, 0.717) is 24.8 Å². The molecule has 0 saturated carbocycles. The van der Waals surface area contributed by atoms with Crippen LogP contribution in [0.4, 0.5) is 0 Å². The Morgan fingerprint density at radius 3 is 2.74 bits per heavy atom. The monoisotopic (exact) mass is 308 g/mol. The van der Waals surface area contributed by atoms with Crippen molar-refractivity contribution in [1.29, 1.82) is 0 Å². The van der Waals surface area contributed by atoms with Crippen LogP contribution in [0.3, 0.4) is 0 Å². The zero-order valence-electron chi connectivity index (χ0n) is 10.7. The van der Waals surface area contributed by atoms with E-state index in [1.54, 1.807) is 11.8 Å². The van der Waals surface area contributed by atoms with Gasteiger partial charge in [0.25, 0.3) is 10.2 Å². The number of nitrogens with zero attached hydrogens (tertiary/aromatic N) is 1. The summed E-state index contributed by atoms with van der Waals surface area (Å²) in [5.74, 6) is 0.0220. The summed E-state index contributed by atoms with van der Waals surface area (Å²) in [5, 5.41) is 9.44. The maximum absolute atomic E-state index is 12.2. The molecule has 2 fully saturated rings. The number of nitrogens with one attached hydrogen (secondary N) is 1. The van der Waals surface area contributed by atoms with Crippen molar-refractivity contribution in [3.63, 3.8) is 0 Å². The Kier molecular flexibility index (Phi) is 5.10. The lowest BCUT2D eigenvalue weighted by molar-refractivity contribution is -0.142. The number of rotatable bonds is 5. The number of carboxylic acid groups (broad SMARTS) is 1. The van der Waals surface area contributed by atoms with Crippen molar-refractivity contribution < 1.29 is 18.3 Å². The van der Waals surface area contributed by atoms with Crippen molar-refractivity contribution in [2.75, 3.05) is 18.8 Å². The largest absolute Gasteiger partial charge is 0.480 e. The second-order valence-electron chi connectivity index (χ2n) is 4.95. The molecule has 0 radical (unpaired) electrons. The lowest BCUT2D eigenvalue weighted by Gasteiger charge is -2.32. The third kappa shape index (κ3) is 3.84. The summed E-state index contributed by atoms with van der Waals surface area (Å²) < 4.78 is 28.1. The number of piperidine rings is 1. The number of carboxylic acids is 1. The van der Waals surface area contributed by atoms with Gasteiger partial charge in [-0.25, -0.2) is 4.72 Å². The average molecular weight is 308 g/mol. The first kappa shape index (κ1) is 15.1. The van der Waals surface area contributed by atoms with Crippen LogP contribution in [0.2, 0.25) is 0 Å². The molecule has 2 rings (SSSR count). The smallest absolute Gasteiger partial charge is 0.322 e. The van der Waals surface area contributed by atoms with Crippen molar-refractivity contribution in [2.24, 2.45) is 0 Å². The van der Waals surface area contributed by atoms with Crippen LogP contribution in [-0.4, -0.2) is 53.9 Å². The van der Waals surface area contributed by atoms with E-state index in [4.69, 9.17) is 5.11 Å². The Balaban J connectivity index is 1.97. The predicted octanol–water partition coefficient (Wildman–Crippen LogP) is 0.655. The van der Waals surface area contributed by atoms with E-state index < -0.39 is 22.2 Å². The molecular formula is C11H20N2O4S2. The molecule has 2 N–H and O–H groups in total. The fourth-order valence-corrected chi connectivity index (χ4v) is 5.31. The van der Waals surface area contributed by atoms with E-state index in [2.05, 4.69) is 4.72 Å². The normalized spacial score (nSPS) is 29.5. The van der Waals surface area contributed by atoms with Crippen LogP contribution in [0, 0.1) is 0 Å². The van der Waals surface area contributed by atoms with E-state index in [0.717, 1.165) is 35.7 Å². The van der Waals surface area contributed by atoms with Crippen LogP contribution in [-0.2, 0) is 15.0 Å². The Morgan fingerprint density at radius 1 is 1.32 bits per heavy atom. The van der Waals surface area contributed by atoms with Crippen molar-refractivity contribution in [2.45, 2.75) is 43.4 Å². The zero-order valence-corrected chi connectivity index (χ0v) is 12.4. The first-order valence-electron chi connectivity index (χ1n) is 6.61. The number of hydrogen-bond acceptors (Lipinski definition) is 4. The van der Waals surface area contributed by atoms with Crippen LogP contribution >= 0.6 is 11.8 Å². The molecule has 2 aliphatic heterocycles. The maximum Gasteiger partial charge on any atom is 0.322 e. The lowest BCUT2D eigenvalue weighted by Crippen LogP contribution is -2.52. The topological polar surface area (TPSA) is 86.7 Å². The molecule has 2 aliphatic rings. The summed E-state index contributed by atoms with van der Waals surface area (Å²) in [4.78, 5) is 11.1. The van der Waals surface area contributed by atoms with Crippen molar-refractivity contribution in [3.8, 4) is 0 Å². The van der Waals surface area contributed by atoms with Gasteiger partial charge < -0.3 is 5.11 Å². The molecule has 2 saturated heterocycles. The minimum atomic E-state index is -3.68. The quantitative estimate of drug-likeness (QED) is 0.779. The zero-order chi connectivity index (χ0) is 13.9. The molecule has 6 nitrogen and oxygen atoms in total. The molecule has 0 amide bonds. The van der Waals surface area contributed by atoms with Gasteiger partial charge in [0.1, 0.15) is 6.04 Å². The highest BCUT2D eigenvalue weighted by Gasteiger charge is 2.36. The van der Waals surface area contributed by atoms with Gasteiger partial charge >= 0.3 is 5.97 Å². The van der Waals surface area contributed by atoms with Crippen LogP contribution < -0.4 is 4.72 Å². The molecule has 0 aliphatic carbocycles. The van der Waals surface area contributed by atoms with Gasteiger partial charge in [-0.15, -0.1) is 0 Å². The van der Waals surface area contributed by atoms with E-state index in [9.17, 15) is 13.2 Å². The summed E-state index contributed by atoms with van der Waals surface area (Å²) >= 11 is 1.78. The first-order valence-corrected chi connectivity index (χ1v) is 9.10. The van der Waals surface area contributed by atoms with E-state index in [-0.39, 0.29) is 0 Å². The highest BCUT2D eigenvalue weighted by molar-refractivity contribution is 8.00. The van der Waals surface area contributed by atoms with Gasteiger partial charge in [0, 0.05) is 18.3 Å². The summed E-state index contributed by atoms with van der Waals surface area (Å²) in [6.07, 6.45) is 4.03. The Morgan fingerprint density at radius 2 is 2.11 bits per heavy atom. The van der Waals surface area contributed by atoms with Crippen molar-refractivity contribution in [3.05, 3.63) is 0 Å². The van der Waals surface area contributed by atoms with Gasteiger partial charge in [-0.1, -0.05) is 0 Å². The molecule has 110 valence electrons. The van der Waals surface area contributed by atoms with Crippen LogP contribution in [0.1, 0.15) is 32.1 Å². The van der Waals surface area contributed by atoms with Gasteiger partial charge in [0.2, 0.25) is 0 Å². The number of carbonyl (C=O) groups is 1. The maximum atomic E-state index is 12.2. The second kappa shape index (κ2) is 6.43. The van der Waals surface area contributed by atoms with Crippen molar-refractivity contribution >= 4 is 27.9 Å². The van der Waals surface area contributed by atoms with E-state index in [1.807, 2.05) is 0 Å². The van der Waals surface area contributed by atoms with Crippen LogP contribution in [0.5, 0.6) is 0 Å². The fraction of sp³-hybridized carbons (Fsp3) is 0.909. The number of thioether (sulfide) groups is 1. The summed E-state index contributed by atoms with van der Waals surface area (Å²) in [6, 6.07) is -0.914. The molecule has 19 heavy (non-hydrogen) atoms. The van der Waals surface area contributed by atoms with Gasteiger partial charge in [-0.05, 0) is 37.9 Å². The van der Waals surface area contributed by atoms with E-state index >= 15 is 0 Å². The van der Waals surface area contributed by atoms with Crippen LogP contribution in [0.15, 0.2) is 0 Å². The highest BCUT2D eigenvalue weighted by atomic mass is 32.2. The Bertz CT molecular complexity index is 420. The summed E-state index contributed by atoms with van der Waals surface area (Å²) in [7, 11) is -3.68. The van der Waals surface area contributed by atoms with Crippen LogP contribution in [0.25, 0.3) is 0 Å². The molecule has 2 heterocycles. The number of hydrogen-bond donors (Lipinski definition) is 2. The molecule has 0 bridgehead atoms. The summed E-state index contributed by atoms with van der Waals surface area (Å²) in [5.41, 5.74) is 0. The first-order chi connectivity index (χ1) is 9.00. The average Bonchev–Trinajstić information content (AvgIpc) is 2.89. The van der Waals surface area contributed by atoms with E-state index in [1.165, 1.54) is 0 Å². The van der Waals surface area contributed by atoms with Gasteiger partial charge in [-0.2, -0.15) is 24.5 Å². The second-order valence-corrected chi connectivity index (χ2v) is 8.07. The third-order valence-corrected chi connectivity index (χ3v) is 6.55. The Hall–Kier alpha value is -0.310. The predicted molar refractivity (Wildman–Crippen MR) is 74.4 cm³/mol. The Labute approximate surface area is 118 Å². The molecule has 2 atom stereocenters. The molecule has 0 aromatic rings. The molecule has 2 unspecified atom stereocenters. The van der Waals surface area contributed by atoms with Gasteiger partial charge in [-0.3, -0.25) is 4.79 Å². The molecule has 0 spiro atoms. The summed E-state index contributed by atoms with van der Waals surface area (Å²) in [6.45, 7) is 0.694. The van der Waals surface area contributed by atoms with Crippen molar-refractivity contribution in [1.82, 2.24) is 9.03 Å². The lowest BCUT2D eigenvalue weighted by atomic mass is 10.1. The molecule has 8 heteroatoms. The minimum Gasteiger partial charge on any atom is -0.480 e. The molecular weight excluding hydrogens is 288 g/mol. The minimum absolute atomic E-state index is 0.296. The molecule has 0 aromatic heterocycles. The van der Waals surface area contributed by atoms with Gasteiger partial charge in [0.05, 0.1) is 0 Å². The van der Waals surface area contributed by atoms with Gasteiger partial charge in [0.15, 0.2) is 0 Å². The fourth-order valence-electron chi connectivity index (χ4n) is 2.53. The standard InChI is InChI=1S/C11H20N2O4S2/c14-11(15)10-5-1-2-6-13(10)19(16,17)12-8-9-4-3-7-18-9/h9-10,12H,1-8H2,(H,14,15). The third-order valence-electron chi connectivity index (χ3n) is 3.56.